The first-order valence-electron chi connectivity index (χ1n) is 10.1. The molecule has 0 radical (unpaired) electrons. The maximum Gasteiger partial charge on any atom is 0.243 e. The Morgan fingerprint density at radius 2 is 1.83 bits per heavy atom. The second kappa shape index (κ2) is 11.2. The molecule has 1 aliphatic rings. The van der Waals surface area contributed by atoms with Gasteiger partial charge in [0.2, 0.25) is 5.91 Å². The predicted octanol–water partition coefficient (Wildman–Crippen LogP) is 2.68. The van der Waals surface area contributed by atoms with Crippen LogP contribution in [0.3, 0.4) is 0 Å². The first kappa shape index (κ1) is 26.5. The minimum absolute atomic E-state index is 0. The lowest BCUT2D eigenvalue weighted by Crippen LogP contribution is -2.69. The number of aliphatic imine (C=N–C) groups is 1. The number of hydrogen-bond donors (Lipinski definition) is 2. The number of methoxy groups -OCH3 is 2. The Bertz CT molecular complexity index is 722. The Balaban J connectivity index is 0.00000450. The fraction of sp³-hybridized carbons (Fsp3) is 0.636. The van der Waals surface area contributed by atoms with Crippen molar-refractivity contribution in [1.29, 1.82) is 0 Å². The molecule has 0 bridgehead atoms. The normalized spacial score (nSPS) is 22.4. The molecule has 0 spiro atoms. The van der Waals surface area contributed by atoms with E-state index in [2.05, 4.69) is 48.5 Å². The van der Waals surface area contributed by atoms with E-state index in [0.29, 0.717) is 12.5 Å². The van der Waals surface area contributed by atoms with E-state index in [1.165, 1.54) is 5.56 Å². The quantitative estimate of drug-likeness (QED) is 0.306. The number of carbonyl (C=O) groups is 1. The maximum atomic E-state index is 12.0. The minimum Gasteiger partial charge on any atom is -0.497 e. The van der Waals surface area contributed by atoms with Crippen LogP contribution in [0.1, 0.15) is 32.8 Å². The molecule has 1 fully saturated rings. The number of nitrogens with zero attached hydrogens (tertiary/aromatic N) is 2. The molecule has 0 saturated heterocycles. The summed E-state index contributed by atoms with van der Waals surface area (Å²) in [7, 11) is 6.90. The lowest BCUT2D eigenvalue weighted by atomic mass is 9.56. The van der Waals surface area contributed by atoms with Gasteiger partial charge in [0.05, 0.1) is 12.7 Å². The summed E-state index contributed by atoms with van der Waals surface area (Å²) in [6, 6.07) is 8.24. The molecule has 1 saturated carbocycles. The van der Waals surface area contributed by atoms with Crippen LogP contribution in [0.25, 0.3) is 0 Å². The summed E-state index contributed by atoms with van der Waals surface area (Å²) in [5.74, 6) is 1.47. The van der Waals surface area contributed by atoms with Crippen molar-refractivity contribution >= 4 is 35.8 Å². The lowest BCUT2D eigenvalue weighted by molar-refractivity contribution is -0.176. The van der Waals surface area contributed by atoms with Crippen LogP contribution in [0.2, 0.25) is 0 Å². The van der Waals surface area contributed by atoms with Crippen molar-refractivity contribution in [2.45, 2.75) is 45.3 Å². The highest BCUT2D eigenvalue weighted by atomic mass is 127. The van der Waals surface area contributed by atoms with Crippen LogP contribution in [-0.2, 0) is 16.0 Å². The number of carbonyl (C=O) groups excluding carboxylic acids is 1. The molecule has 7 nitrogen and oxygen atoms in total. The summed E-state index contributed by atoms with van der Waals surface area (Å²) < 4.78 is 10.9. The third-order valence-electron chi connectivity index (χ3n) is 6.33. The molecule has 1 aromatic carbocycles. The maximum absolute atomic E-state index is 12.0. The summed E-state index contributed by atoms with van der Waals surface area (Å²) in [4.78, 5) is 18.0. The highest BCUT2D eigenvalue weighted by Crippen LogP contribution is 2.51. The van der Waals surface area contributed by atoms with Gasteiger partial charge in [0.1, 0.15) is 12.3 Å². The monoisotopic (exact) mass is 532 g/mol. The molecule has 1 amide bonds. The SMILES string of the molecule is COc1ccc(CCNC(=NCC(=O)N(C)C)NC2CC(C)(OC)C2(C)C)cc1.I. The van der Waals surface area contributed by atoms with Gasteiger partial charge in [-0.05, 0) is 37.5 Å². The Kier molecular flexibility index (Phi) is 9.87. The summed E-state index contributed by atoms with van der Waals surface area (Å²) >= 11 is 0. The van der Waals surface area contributed by atoms with Gasteiger partial charge < -0.3 is 25.0 Å². The molecule has 170 valence electrons. The molecule has 0 aliphatic heterocycles. The highest BCUT2D eigenvalue weighted by molar-refractivity contribution is 14.0. The fourth-order valence-electron chi connectivity index (χ4n) is 3.45. The fourth-order valence-corrected chi connectivity index (χ4v) is 3.45. The van der Waals surface area contributed by atoms with Crippen molar-refractivity contribution in [1.82, 2.24) is 15.5 Å². The zero-order valence-electron chi connectivity index (χ0n) is 19.2. The first-order valence-corrected chi connectivity index (χ1v) is 10.1. The number of benzene rings is 1. The molecular weight excluding hydrogens is 495 g/mol. The third-order valence-corrected chi connectivity index (χ3v) is 6.33. The molecule has 2 N–H and O–H groups in total. The van der Waals surface area contributed by atoms with E-state index in [1.807, 2.05) is 12.1 Å². The minimum atomic E-state index is -0.168. The van der Waals surface area contributed by atoms with E-state index in [4.69, 9.17) is 9.47 Å². The zero-order valence-corrected chi connectivity index (χ0v) is 21.6. The Morgan fingerprint density at radius 3 is 2.33 bits per heavy atom. The molecule has 8 heteroatoms. The number of halogens is 1. The van der Waals surface area contributed by atoms with Gasteiger partial charge in [-0.3, -0.25) is 4.79 Å². The van der Waals surface area contributed by atoms with Gasteiger partial charge in [-0.25, -0.2) is 4.99 Å². The molecule has 2 rings (SSSR count). The first-order chi connectivity index (χ1) is 13.6. The summed E-state index contributed by atoms with van der Waals surface area (Å²) in [6.45, 7) is 7.34. The van der Waals surface area contributed by atoms with Crippen molar-refractivity contribution in [3.05, 3.63) is 29.8 Å². The predicted molar refractivity (Wildman–Crippen MR) is 132 cm³/mol. The smallest absolute Gasteiger partial charge is 0.243 e. The molecule has 2 atom stereocenters. The van der Waals surface area contributed by atoms with E-state index in [0.717, 1.165) is 18.6 Å². The number of guanidine groups is 1. The molecule has 0 heterocycles. The summed E-state index contributed by atoms with van der Waals surface area (Å²) in [6.07, 6.45) is 1.73. The Morgan fingerprint density at radius 1 is 1.20 bits per heavy atom. The van der Waals surface area contributed by atoms with Crippen LogP contribution in [0, 0.1) is 5.41 Å². The van der Waals surface area contributed by atoms with E-state index < -0.39 is 0 Å². The number of nitrogens with one attached hydrogen (secondary N) is 2. The van der Waals surface area contributed by atoms with Crippen LogP contribution in [0.15, 0.2) is 29.3 Å². The van der Waals surface area contributed by atoms with E-state index in [-0.39, 0.29) is 53.5 Å². The van der Waals surface area contributed by atoms with Gasteiger partial charge in [-0.15, -0.1) is 24.0 Å². The van der Waals surface area contributed by atoms with Crippen molar-refractivity contribution in [3.8, 4) is 5.75 Å². The number of amides is 1. The van der Waals surface area contributed by atoms with Crippen LogP contribution >= 0.6 is 24.0 Å². The number of ether oxygens (including phenoxy) is 2. The second-order valence-electron chi connectivity index (χ2n) is 8.54. The number of likely N-dealkylation sites (N-methyl/N-ethyl adjacent to an activating group) is 1. The van der Waals surface area contributed by atoms with Crippen LogP contribution in [0.5, 0.6) is 5.75 Å². The van der Waals surface area contributed by atoms with Crippen molar-refractivity contribution in [2.24, 2.45) is 10.4 Å². The summed E-state index contributed by atoms with van der Waals surface area (Å²) in [5, 5.41) is 6.87. The van der Waals surface area contributed by atoms with E-state index >= 15 is 0 Å². The Labute approximate surface area is 198 Å². The van der Waals surface area contributed by atoms with Gasteiger partial charge in [0.15, 0.2) is 5.96 Å². The molecule has 1 aliphatic carbocycles. The third kappa shape index (κ3) is 6.23. The molecular formula is C22H37IN4O3. The lowest BCUT2D eigenvalue weighted by Gasteiger charge is -2.59. The van der Waals surface area contributed by atoms with Gasteiger partial charge in [-0.2, -0.15) is 0 Å². The standard InChI is InChI=1S/C22H36N4O3.HI/c1-21(2)18(14-22(21,3)29-7)25-20(24-15-19(27)26(4)5)23-13-12-16-8-10-17(28-6)11-9-16;/h8-11,18H,12-15H2,1-7H3,(H2,23,24,25);1H. The van der Waals surface area contributed by atoms with E-state index in [9.17, 15) is 4.79 Å². The van der Waals surface area contributed by atoms with Gasteiger partial charge in [0, 0.05) is 39.2 Å². The van der Waals surface area contributed by atoms with Gasteiger partial charge in [0.25, 0.3) is 0 Å². The van der Waals surface area contributed by atoms with Crippen LogP contribution < -0.4 is 15.4 Å². The number of rotatable bonds is 8. The second-order valence-corrected chi connectivity index (χ2v) is 8.54. The molecule has 30 heavy (non-hydrogen) atoms. The molecule has 0 aromatic heterocycles. The number of hydrogen-bond acceptors (Lipinski definition) is 4. The topological polar surface area (TPSA) is 75.2 Å². The largest absolute Gasteiger partial charge is 0.497 e. The van der Waals surface area contributed by atoms with Gasteiger partial charge >= 0.3 is 0 Å². The van der Waals surface area contributed by atoms with Crippen molar-refractivity contribution in [3.63, 3.8) is 0 Å². The Hall–Kier alpha value is -1.55. The molecule has 2 unspecified atom stereocenters. The van der Waals surface area contributed by atoms with Crippen LogP contribution in [-0.4, -0.2) is 69.8 Å². The van der Waals surface area contributed by atoms with Crippen molar-refractivity contribution < 1.29 is 14.3 Å². The van der Waals surface area contributed by atoms with Crippen molar-refractivity contribution in [2.75, 3.05) is 41.4 Å². The zero-order chi connectivity index (χ0) is 21.7. The average Bonchev–Trinajstić information content (AvgIpc) is 2.71. The average molecular weight is 532 g/mol. The van der Waals surface area contributed by atoms with E-state index in [1.54, 1.807) is 33.2 Å². The van der Waals surface area contributed by atoms with Gasteiger partial charge in [-0.1, -0.05) is 26.0 Å². The highest BCUT2D eigenvalue weighted by Gasteiger charge is 2.58. The summed E-state index contributed by atoms with van der Waals surface area (Å²) in [5.41, 5.74) is 0.988. The van der Waals surface area contributed by atoms with Crippen LogP contribution in [0.4, 0.5) is 0 Å². The molecule has 1 aromatic rings.